The minimum absolute atomic E-state index is 0.678. The Morgan fingerprint density at radius 3 is 2.32 bits per heavy atom. The first kappa shape index (κ1) is 16.2. The van der Waals surface area contributed by atoms with Crippen LogP contribution in [0.3, 0.4) is 0 Å². The molecule has 2 nitrogen and oxygen atoms in total. The van der Waals surface area contributed by atoms with E-state index < -0.39 is 0 Å². The SMILES string of the molecule is CCCCCCCCCOC[n+]1ccc(C)c(C)c1. The number of pyridine rings is 1. The summed E-state index contributed by atoms with van der Waals surface area (Å²) in [5.41, 5.74) is 2.66. The highest BCUT2D eigenvalue weighted by Crippen LogP contribution is 2.06. The molecular weight excluding hydrogens is 234 g/mol. The average Bonchev–Trinajstić information content (AvgIpc) is 2.41. The van der Waals surface area contributed by atoms with Crippen molar-refractivity contribution in [2.75, 3.05) is 6.61 Å². The van der Waals surface area contributed by atoms with Gasteiger partial charge in [-0.1, -0.05) is 45.4 Å². The van der Waals surface area contributed by atoms with Crippen LogP contribution in [0.15, 0.2) is 18.5 Å². The van der Waals surface area contributed by atoms with Crippen molar-refractivity contribution in [2.45, 2.75) is 72.4 Å². The Balaban J connectivity index is 2.00. The van der Waals surface area contributed by atoms with Gasteiger partial charge in [-0.05, 0) is 25.8 Å². The fraction of sp³-hybridized carbons (Fsp3) is 0.706. The predicted octanol–water partition coefficient (Wildman–Crippen LogP) is 4.32. The number of ether oxygens (including phenoxy) is 1. The molecule has 1 aromatic heterocycles. The molecule has 0 fully saturated rings. The highest BCUT2D eigenvalue weighted by atomic mass is 16.5. The molecule has 1 aromatic rings. The maximum atomic E-state index is 5.71. The van der Waals surface area contributed by atoms with Gasteiger partial charge in [0.1, 0.15) is 0 Å². The number of aryl methyl sites for hydroxylation is 2. The molecule has 0 atom stereocenters. The summed E-state index contributed by atoms with van der Waals surface area (Å²) >= 11 is 0. The van der Waals surface area contributed by atoms with Crippen molar-refractivity contribution >= 4 is 0 Å². The average molecular weight is 264 g/mol. The Morgan fingerprint density at radius 2 is 1.63 bits per heavy atom. The minimum atomic E-state index is 0.678. The zero-order chi connectivity index (χ0) is 13.9. The van der Waals surface area contributed by atoms with Crippen LogP contribution in [0.4, 0.5) is 0 Å². The highest BCUT2D eigenvalue weighted by molar-refractivity contribution is 5.16. The molecule has 0 aromatic carbocycles. The van der Waals surface area contributed by atoms with Crippen molar-refractivity contribution in [1.29, 1.82) is 0 Å². The minimum Gasteiger partial charge on any atom is -0.323 e. The standard InChI is InChI=1S/C17H30NO/c1-4-5-6-7-8-9-10-13-19-15-18-12-11-16(2)17(3)14-18/h11-12,14H,4-10,13,15H2,1-3H3/q+1. The molecule has 0 saturated heterocycles. The van der Waals surface area contributed by atoms with Crippen LogP contribution < -0.4 is 4.57 Å². The van der Waals surface area contributed by atoms with E-state index in [4.69, 9.17) is 4.74 Å². The molecule has 0 aliphatic carbocycles. The Labute approximate surface area is 118 Å². The fourth-order valence-electron chi connectivity index (χ4n) is 2.14. The van der Waals surface area contributed by atoms with E-state index >= 15 is 0 Å². The van der Waals surface area contributed by atoms with Crippen LogP contribution in [-0.2, 0) is 11.5 Å². The van der Waals surface area contributed by atoms with Crippen molar-refractivity contribution in [1.82, 2.24) is 0 Å². The van der Waals surface area contributed by atoms with Gasteiger partial charge in [-0.15, -0.1) is 0 Å². The van der Waals surface area contributed by atoms with E-state index in [2.05, 4.69) is 43.8 Å². The van der Waals surface area contributed by atoms with E-state index in [0.29, 0.717) is 6.73 Å². The molecule has 0 amide bonds. The topological polar surface area (TPSA) is 13.1 Å². The monoisotopic (exact) mass is 264 g/mol. The van der Waals surface area contributed by atoms with Crippen LogP contribution in [0, 0.1) is 13.8 Å². The van der Waals surface area contributed by atoms with Crippen LogP contribution in [0.5, 0.6) is 0 Å². The maximum absolute atomic E-state index is 5.71. The van der Waals surface area contributed by atoms with Gasteiger partial charge >= 0.3 is 0 Å². The Morgan fingerprint density at radius 1 is 0.947 bits per heavy atom. The summed E-state index contributed by atoms with van der Waals surface area (Å²) in [4.78, 5) is 0. The van der Waals surface area contributed by atoms with Crippen molar-refractivity contribution in [2.24, 2.45) is 0 Å². The van der Waals surface area contributed by atoms with E-state index in [9.17, 15) is 0 Å². The molecule has 0 N–H and O–H groups in total. The van der Waals surface area contributed by atoms with Gasteiger partial charge in [0.15, 0.2) is 12.4 Å². The summed E-state index contributed by atoms with van der Waals surface area (Å²) in [7, 11) is 0. The third kappa shape index (κ3) is 7.31. The maximum Gasteiger partial charge on any atom is 0.252 e. The van der Waals surface area contributed by atoms with Crippen molar-refractivity contribution in [3.63, 3.8) is 0 Å². The lowest BCUT2D eigenvalue weighted by Crippen LogP contribution is -2.35. The molecule has 2 heteroatoms. The normalized spacial score (nSPS) is 10.9. The molecular formula is C17H30NO+. The van der Waals surface area contributed by atoms with Crippen LogP contribution in [0.1, 0.15) is 63.0 Å². The molecule has 108 valence electrons. The first-order valence-electron chi connectivity index (χ1n) is 7.78. The zero-order valence-electron chi connectivity index (χ0n) is 13.0. The number of unbranched alkanes of at least 4 members (excludes halogenated alkanes) is 6. The summed E-state index contributed by atoms with van der Waals surface area (Å²) in [6.07, 6.45) is 13.6. The van der Waals surface area contributed by atoms with Gasteiger partial charge in [0, 0.05) is 11.6 Å². The van der Waals surface area contributed by atoms with Crippen LogP contribution in [-0.4, -0.2) is 6.61 Å². The molecule has 0 bridgehead atoms. The van der Waals surface area contributed by atoms with Gasteiger partial charge in [0.2, 0.25) is 0 Å². The predicted molar refractivity (Wildman–Crippen MR) is 80.1 cm³/mol. The van der Waals surface area contributed by atoms with Gasteiger partial charge < -0.3 is 4.74 Å². The molecule has 0 saturated carbocycles. The van der Waals surface area contributed by atoms with E-state index in [1.165, 1.54) is 56.1 Å². The van der Waals surface area contributed by atoms with Crippen molar-refractivity contribution in [3.05, 3.63) is 29.6 Å². The number of nitrogens with zero attached hydrogens (tertiary/aromatic N) is 1. The Bertz CT molecular complexity index is 349. The van der Waals surface area contributed by atoms with Gasteiger partial charge in [0.05, 0.1) is 6.61 Å². The molecule has 0 aliphatic rings. The molecule has 0 unspecified atom stereocenters. The largest absolute Gasteiger partial charge is 0.323 e. The highest BCUT2D eigenvalue weighted by Gasteiger charge is 2.02. The first-order valence-corrected chi connectivity index (χ1v) is 7.78. The van der Waals surface area contributed by atoms with Gasteiger partial charge in [0.25, 0.3) is 6.73 Å². The summed E-state index contributed by atoms with van der Waals surface area (Å²) in [6.45, 7) is 8.10. The third-order valence-corrected chi connectivity index (χ3v) is 3.63. The second-order valence-corrected chi connectivity index (χ2v) is 5.48. The summed E-state index contributed by atoms with van der Waals surface area (Å²) < 4.78 is 7.82. The summed E-state index contributed by atoms with van der Waals surface area (Å²) in [5, 5.41) is 0. The van der Waals surface area contributed by atoms with E-state index in [-0.39, 0.29) is 0 Å². The second kappa shape index (κ2) is 9.96. The zero-order valence-corrected chi connectivity index (χ0v) is 13.0. The summed E-state index contributed by atoms with van der Waals surface area (Å²) in [6, 6.07) is 2.15. The first-order chi connectivity index (χ1) is 9.24. The molecule has 0 spiro atoms. The van der Waals surface area contributed by atoms with Crippen molar-refractivity contribution < 1.29 is 9.30 Å². The van der Waals surface area contributed by atoms with Crippen LogP contribution in [0.25, 0.3) is 0 Å². The number of hydrogen-bond donors (Lipinski definition) is 0. The van der Waals surface area contributed by atoms with Gasteiger partial charge in [-0.25, -0.2) is 0 Å². The molecule has 1 rings (SSSR count). The second-order valence-electron chi connectivity index (χ2n) is 5.48. The quantitative estimate of drug-likeness (QED) is 0.453. The fourth-order valence-corrected chi connectivity index (χ4v) is 2.14. The molecule has 0 radical (unpaired) electrons. The smallest absolute Gasteiger partial charge is 0.252 e. The van der Waals surface area contributed by atoms with E-state index in [1.807, 2.05) is 0 Å². The molecule has 19 heavy (non-hydrogen) atoms. The summed E-state index contributed by atoms with van der Waals surface area (Å²) in [5.74, 6) is 0. The molecule has 1 heterocycles. The lowest BCUT2D eigenvalue weighted by atomic mass is 10.1. The number of rotatable bonds is 10. The van der Waals surface area contributed by atoms with Gasteiger partial charge in [-0.3, -0.25) is 0 Å². The number of hydrogen-bond acceptors (Lipinski definition) is 1. The van der Waals surface area contributed by atoms with Crippen LogP contribution >= 0.6 is 0 Å². The van der Waals surface area contributed by atoms with Gasteiger partial charge in [-0.2, -0.15) is 4.57 Å². The Kier molecular flexibility index (Phi) is 8.48. The lowest BCUT2D eigenvalue weighted by molar-refractivity contribution is -0.733. The lowest BCUT2D eigenvalue weighted by Gasteiger charge is -2.03. The van der Waals surface area contributed by atoms with Crippen LogP contribution in [0.2, 0.25) is 0 Å². The third-order valence-electron chi connectivity index (χ3n) is 3.63. The van der Waals surface area contributed by atoms with E-state index in [1.54, 1.807) is 0 Å². The van der Waals surface area contributed by atoms with E-state index in [0.717, 1.165) is 6.61 Å². The molecule has 0 aliphatic heterocycles. The van der Waals surface area contributed by atoms with Crippen molar-refractivity contribution in [3.8, 4) is 0 Å². The number of aromatic nitrogens is 1. The Hall–Kier alpha value is -0.890.